The second-order valence-electron chi connectivity index (χ2n) is 4.83. The number of H-pyrrole nitrogens is 1. The Balaban J connectivity index is 2.14. The first-order valence-corrected chi connectivity index (χ1v) is 7.05. The molecule has 5 heteroatoms. The lowest BCUT2D eigenvalue weighted by Crippen LogP contribution is -2.26. The van der Waals surface area contributed by atoms with Crippen molar-refractivity contribution in [2.45, 2.75) is 26.3 Å². The van der Waals surface area contributed by atoms with Gasteiger partial charge in [-0.25, -0.2) is 4.98 Å². The summed E-state index contributed by atoms with van der Waals surface area (Å²) in [6.45, 7) is 4.72. The van der Waals surface area contributed by atoms with Crippen molar-refractivity contribution >= 4 is 10.9 Å². The van der Waals surface area contributed by atoms with Crippen LogP contribution in [0.15, 0.2) is 29.1 Å². The fraction of sp³-hybridized carbons (Fsp3) is 0.467. The number of para-hydroxylation sites is 1. The van der Waals surface area contributed by atoms with Crippen molar-refractivity contribution in [3.05, 3.63) is 40.4 Å². The molecule has 2 rings (SSSR count). The van der Waals surface area contributed by atoms with Gasteiger partial charge in [-0.3, -0.25) is 9.69 Å². The molecule has 0 amide bonds. The number of aromatic nitrogens is 2. The average molecular weight is 275 g/mol. The van der Waals surface area contributed by atoms with Crippen LogP contribution in [0, 0.1) is 0 Å². The molecule has 1 aromatic heterocycles. The molecule has 108 valence electrons. The first kappa shape index (κ1) is 14.7. The summed E-state index contributed by atoms with van der Waals surface area (Å²) in [5.41, 5.74) is 0.648. The Kier molecular flexibility index (Phi) is 5.26. The van der Waals surface area contributed by atoms with Crippen LogP contribution in [0.5, 0.6) is 0 Å². The maximum absolute atomic E-state index is 12.0. The SMILES string of the molecule is CCN(CCCCO)Cc1nc2ccccc2c(=O)[nH]1. The highest BCUT2D eigenvalue weighted by atomic mass is 16.2. The standard InChI is InChI=1S/C15H21N3O2/c1-2-18(9-5-6-10-19)11-14-16-13-8-4-3-7-12(13)15(20)17-14/h3-4,7-8,19H,2,5-6,9-11H2,1H3,(H,16,17,20). The van der Waals surface area contributed by atoms with Gasteiger partial charge >= 0.3 is 0 Å². The van der Waals surface area contributed by atoms with Crippen molar-refractivity contribution in [3.63, 3.8) is 0 Å². The third kappa shape index (κ3) is 3.65. The molecular formula is C15H21N3O2. The van der Waals surface area contributed by atoms with E-state index in [1.54, 1.807) is 6.07 Å². The van der Waals surface area contributed by atoms with E-state index in [0.717, 1.165) is 31.4 Å². The Morgan fingerprint density at radius 3 is 2.85 bits per heavy atom. The third-order valence-electron chi connectivity index (χ3n) is 3.36. The fourth-order valence-corrected chi connectivity index (χ4v) is 2.22. The first-order chi connectivity index (χ1) is 9.74. The number of aliphatic hydroxyl groups excluding tert-OH is 1. The quantitative estimate of drug-likeness (QED) is 0.752. The molecule has 0 bridgehead atoms. The van der Waals surface area contributed by atoms with Gasteiger partial charge in [-0.05, 0) is 38.1 Å². The van der Waals surface area contributed by atoms with Crippen LogP contribution in [0.1, 0.15) is 25.6 Å². The number of rotatable bonds is 7. The van der Waals surface area contributed by atoms with Gasteiger partial charge in [0.15, 0.2) is 0 Å². The van der Waals surface area contributed by atoms with Crippen LogP contribution in [-0.4, -0.2) is 39.7 Å². The predicted molar refractivity (Wildman–Crippen MR) is 79.6 cm³/mol. The average Bonchev–Trinajstić information content (AvgIpc) is 2.46. The van der Waals surface area contributed by atoms with E-state index < -0.39 is 0 Å². The summed E-state index contributed by atoms with van der Waals surface area (Å²) < 4.78 is 0. The van der Waals surface area contributed by atoms with Gasteiger partial charge in [0, 0.05) is 6.61 Å². The molecule has 0 aliphatic carbocycles. The minimum atomic E-state index is -0.0861. The zero-order chi connectivity index (χ0) is 14.4. The van der Waals surface area contributed by atoms with Crippen molar-refractivity contribution in [2.75, 3.05) is 19.7 Å². The molecule has 2 aromatic rings. The molecule has 2 N–H and O–H groups in total. The van der Waals surface area contributed by atoms with E-state index in [4.69, 9.17) is 5.11 Å². The summed E-state index contributed by atoms with van der Waals surface area (Å²) in [5.74, 6) is 0.694. The van der Waals surface area contributed by atoms with E-state index in [-0.39, 0.29) is 12.2 Å². The van der Waals surface area contributed by atoms with Crippen molar-refractivity contribution in [3.8, 4) is 0 Å². The van der Waals surface area contributed by atoms with Gasteiger partial charge in [0.2, 0.25) is 0 Å². The normalized spacial score (nSPS) is 11.3. The minimum absolute atomic E-state index is 0.0861. The molecule has 1 aromatic carbocycles. The monoisotopic (exact) mass is 275 g/mol. The lowest BCUT2D eigenvalue weighted by Gasteiger charge is -2.19. The van der Waals surface area contributed by atoms with Gasteiger partial charge in [-0.15, -0.1) is 0 Å². The van der Waals surface area contributed by atoms with Gasteiger partial charge < -0.3 is 10.1 Å². The number of hydrogen-bond donors (Lipinski definition) is 2. The highest BCUT2D eigenvalue weighted by Gasteiger charge is 2.07. The number of nitrogens with one attached hydrogen (secondary N) is 1. The highest BCUT2D eigenvalue weighted by Crippen LogP contribution is 2.07. The van der Waals surface area contributed by atoms with E-state index in [1.165, 1.54) is 0 Å². The van der Waals surface area contributed by atoms with Gasteiger partial charge in [0.05, 0.1) is 17.4 Å². The maximum atomic E-state index is 12.0. The summed E-state index contributed by atoms with van der Waals surface area (Å²) in [6, 6.07) is 7.36. The van der Waals surface area contributed by atoms with Crippen molar-refractivity contribution in [2.24, 2.45) is 0 Å². The molecule has 20 heavy (non-hydrogen) atoms. The Morgan fingerprint density at radius 1 is 1.30 bits per heavy atom. The third-order valence-corrected chi connectivity index (χ3v) is 3.36. The first-order valence-electron chi connectivity index (χ1n) is 7.05. The zero-order valence-electron chi connectivity index (χ0n) is 11.8. The molecule has 5 nitrogen and oxygen atoms in total. The summed E-state index contributed by atoms with van der Waals surface area (Å²) in [7, 11) is 0. The van der Waals surface area contributed by atoms with Crippen molar-refractivity contribution in [1.82, 2.24) is 14.9 Å². The zero-order valence-corrected chi connectivity index (χ0v) is 11.8. The van der Waals surface area contributed by atoms with Crippen LogP contribution in [0.3, 0.4) is 0 Å². The van der Waals surface area contributed by atoms with Crippen LogP contribution < -0.4 is 5.56 Å². The molecule has 0 fully saturated rings. The van der Waals surface area contributed by atoms with E-state index in [9.17, 15) is 4.79 Å². The molecule has 0 aliphatic rings. The molecule has 0 radical (unpaired) electrons. The largest absolute Gasteiger partial charge is 0.396 e. The number of aromatic amines is 1. The Hall–Kier alpha value is -1.72. The lowest BCUT2D eigenvalue weighted by atomic mass is 10.2. The Labute approximate surface area is 118 Å². The van der Waals surface area contributed by atoms with Gasteiger partial charge in [0.25, 0.3) is 5.56 Å². The summed E-state index contributed by atoms with van der Waals surface area (Å²) in [5, 5.41) is 9.44. The van der Waals surface area contributed by atoms with Crippen LogP contribution in [0.4, 0.5) is 0 Å². The van der Waals surface area contributed by atoms with Gasteiger partial charge in [0.1, 0.15) is 5.82 Å². The summed E-state index contributed by atoms with van der Waals surface area (Å²) in [4.78, 5) is 21.5. The predicted octanol–water partition coefficient (Wildman–Crippen LogP) is 1.52. The van der Waals surface area contributed by atoms with Gasteiger partial charge in [-0.1, -0.05) is 19.1 Å². The number of unbranched alkanes of at least 4 members (excludes halogenated alkanes) is 1. The molecule has 0 spiro atoms. The number of hydrogen-bond acceptors (Lipinski definition) is 4. The van der Waals surface area contributed by atoms with Crippen molar-refractivity contribution < 1.29 is 5.11 Å². The molecule has 0 saturated heterocycles. The van der Waals surface area contributed by atoms with Crippen LogP contribution in [-0.2, 0) is 6.54 Å². The van der Waals surface area contributed by atoms with Crippen molar-refractivity contribution in [1.29, 1.82) is 0 Å². The number of nitrogens with zero attached hydrogens (tertiary/aromatic N) is 2. The molecule has 0 unspecified atom stereocenters. The number of aliphatic hydroxyl groups is 1. The number of fused-ring (bicyclic) bond motifs is 1. The molecule has 0 aliphatic heterocycles. The smallest absolute Gasteiger partial charge is 0.258 e. The Bertz CT molecular complexity index is 609. The second kappa shape index (κ2) is 7.17. The lowest BCUT2D eigenvalue weighted by molar-refractivity contribution is 0.240. The molecule has 0 atom stereocenters. The number of benzene rings is 1. The second-order valence-corrected chi connectivity index (χ2v) is 4.83. The van der Waals surface area contributed by atoms with Crippen LogP contribution in [0.2, 0.25) is 0 Å². The molecular weight excluding hydrogens is 254 g/mol. The van der Waals surface area contributed by atoms with Crippen LogP contribution >= 0.6 is 0 Å². The van der Waals surface area contributed by atoms with E-state index in [1.807, 2.05) is 18.2 Å². The van der Waals surface area contributed by atoms with E-state index in [2.05, 4.69) is 21.8 Å². The maximum Gasteiger partial charge on any atom is 0.258 e. The summed E-state index contributed by atoms with van der Waals surface area (Å²) >= 11 is 0. The van der Waals surface area contributed by atoms with Gasteiger partial charge in [-0.2, -0.15) is 0 Å². The molecule has 0 saturated carbocycles. The highest BCUT2D eigenvalue weighted by molar-refractivity contribution is 5.77. The Morgan fingerprint density at radius 2 is 2.10 bits per heavy atom. The summed E-state index contributed by atoms with van der Waals surface area (Å²) in [6.07, 6.45) is 1.75. The topological polar surface area (TPSA) is 69.2 Å². The minimum Gasteiger partial charge on any atom is -0.396 e. The van der Waals surface area contributed by atoms with E-state index in [0.29, 0.717) is 17.8 Å². The fourth-order valence-electron chi connectivity index (χ4n) is 2.22. The van der Waals surface area contributed by atoms with Crippen LogP contribution in [0.25, 0.3) is 10.9 Å². The van der Waals surface area contributed by atoms with E-state index >= 15 is 0 Å². The molecule has 1 heterocycles.